The summed E-state index contributed by atoms with van der Waals surface area (Å²) >= 11 is 0. The van der Waals surface area contributed by atoms with Crippen molar-refractivity contribution in [2.24, 2.45) is 0 Å². The van der Waals surface area contributed by atoms with E-state index in [-0.39, 0.29) is 57.0 Å². The zero-order valence-electron chi connectivity index (χ0n) is 10.2. The smallest absolute Gasteiger partial charge is 0.693 e. The maximum atomic E-state index is 6.88. The van der Waals surface area contributed by atoms with Gasteiger partial charge < -0.3 is 21.5 Å². The van der Waals surface area contributed by atoms with Crippen molar-refractivity contribution in [1.82, 2.24) is 5.64 Å². The van der Waals surface area contributed by atoms with Crippen molar-refractivity contribution in [2.45, 2.75) is 18.9 Å². The van der Waals surface area contributed by atoms with Gasteiger partial charge in [0.1, 0.15) is 0 Å². The van der Waals surface area contributed by atoms with Gasteiger partial charge in [0, 0.05) is 22.4 Å². The third-order valence-electron chi connectivity index (χ3n) is 2.19. The molecule has 1 atom stereocenters. The van der Waals surface area contributed by atoms with Crippen LogP contribution in [0.3, 0.4) is 0 Å². The molecule has 0 saturated carbocycles. The number of ether oxygens (including phenoxy) is 1. The number of hydrogen-bond donors (Lipinski definition) is 3. The molecule has 0 aliphatic carbocycles. The van der Waals surface area contributed by atoms with Crippen LogP contribution in [-0.4, -0.2) is 36.2 Å². The van der Waals surface area contributed by atoms with Crippen molar-refractivity contribution in [3.05, 3.63) is 40.9 Å². The Balaban J connectivity index is -0.000000393. The quantitative estimate of drug-likeness (QED) is 0.434. The molecule has 1 saturated heterocycles. The molecule has 2 heterocycles. The van der Waals surface area contributed by atoms with Crippen LogP contribution in [0.25, 0.3) is 16.8 Å². The van der Waals surface area contributed by atoms with E-state index in [2.05, 4.69) is 10.6 Å². The minimum Gasteiger partial charge on any atom is -0.693 e. The Labute approximate surface area is 144 Å². The summed E-state index contributed by atoms with van der Waals surface area (Å²) in [5.41, 5.74) is 0.750. The summed E-state index contributed by atoms with van der Waals surface area (Å²) in [6.45, 7) is 2.62. The number of nitrogens with zero attached hydrogens (tertiary/aromatic N) is 2. The maximum Gasteiger partial charge on any atom is 1.00 e. The fourth-order valence-electron chi connectivity index (χ4n) is 1.53. The normalized spacial score (nSPS) is 19.9. The molecule has 0 aromatic heterocycles. The molecule has 0 bridgehead atoms. The molecule has 7 nitrogen and oxygen atoms in total. The molecule has 1 fully saturated rings. The molecular formula is C10H19Ag2N4O3-2. The third kappa shape index (κ3) is 11.9. The van der Waals surface area contributed by atoms with Gasteiger partial charge in [-0.15, -0.1) is 25.8 Å². The second-order valence-electron chi connectivity index (χ2n) is 3.41. The number of rotatable bonds is 2. The number of nitrogens with one attached hydrogen (secondary N) is 1. The summed E-state index contributed by atoms with van der Waals surface area (Å²) in [4.78, 5) is 0. The zero-order valence-corrected chi connectivity index (χ0v) is 13.2. The van der Waals surface area contributed by atoms with Gasteiger partial charge in [0.05, 0.1) is 11.9 Å². The molecule has 121 valence electrons. The summed E-state index contributed by atoms with van der Waals surface area (Å²) < 4.78 is 5.72. The Morgan fingerprint density at radius 2 is 2.05 bits per heavy atom. The molecule has 5 N–H and O–H groups in total. The van der Waals surface area contributed by atoms with Crippen LogP contribution in [0.4, 0.5) is 0 Å². The van der Waals surface area contributed by atoms with Gasteiger partial charge in [-0.3, -0.25) is 10.4 Å². The van der Waals surface area contributed by atoms with Crippen LogP contribution in [0.5, 0.6) is 0 Å². The van der Waals surface area contributed by atoms with Crippen molar-refractivity contribution in [1.29, 1.82) is 0 Å². The van der Waals surface area contributed by atoms with Gasteiger partial charge in [0.15, 0.2) is 0 Å². The molecule has 9 heteroatoms. The van der Waals surface area contributed by atoms with Crippen LogP contribution < -0.4 is 5.64 Å². The van der Waals surface area contributed by atoms with Crippen molar-refractivity contribution in [2.75, 3.05) is 19.6 Å². The van der Waals surface area contributed by atoms with Gasteiger partial charge in [-0.1, -0.05) is 18.1 Å². The monoisotopic (exact) mass is 457 g/mol. The fraction of sp³-hybridized carbons (Fsp3) is 0.600. The average Bonchev–Trinajstić information content (AvgIpc) is 2.33. The number of nitrogens with two attached hydrogens (primary N) is 1. The minimum atomic E-state index is 0. The summed E-state index contributed by atoms with van der Waals surface area (Å²) in [7, 11) is 0. The minimum absolute atomic E-state index is 0. The molecule has 0 aromatic rings. The van der Waals surface area contributed by atoms with Crippen LogP contribution >= 0.6 is 0 Å². The van der Waals surface area contributed by atoms with Crippen LogP contribution in [0.2, 0.25) is 0 Å². The molecule has 2 rings (SSSR count). The zero-order chi connectivity index (χ0) is 11.6. The summed E-state index contributed by atoms with van der Waals surface area (Å²) in [5, 5.41) is 22.2. The molecular weight excluding hydrogens is 440 g/mol. The number of allylic oxidation sites excluding steroid dienone is 1. The molecule has 1 unspecified atom stereocenters. The first-order valence-electron chi connectivity index (χ1n) is 5.23. The molecule has 19 heavy (non-hydrogen) atoms. The predicted molar refractivity (Wildman–Crippen MR) is 64.6 cm³/mol. The van der Waals surface area contributed by atoms with Crippen molar-refractivity contribution < 1.29 is 59.9 Å². The Hall–Kier alpha value is 0.361. The summed E-state index contributed by atoms with van der Waals surface area (Å²) in [6.07, 6.45) is 8.34. The van der Waals surface area contributed by atoms with E-state index < -0.39 is 0 Å². The average molecular weight is 459 g/mol. The molecule has 2 aliphatic rings. The standard InChI is InChI=1S/C10H14N2O.2Ag.H3NO2.H2N/c1-3-9(7-11-5-1)13-10-4-2-6-12-8-10;;;2-1-3;/h1,3,7,10H,2,4-6,8H2;;;1-3H;1H2/q-2;;+1;;-1. The van der Waals surface area contributed by atoms with E-state index in [1.807, 2.05) is 12.2 Å². The van der Waals surface area contributed by atoms with Gasteiger partial charge in [0.25, 0.3) is 0 Å². The van der Waals surface area contributed by atoms with Crippen LogP contribution in [0.15, 0.2) is 24.1 Å². The maximum absolute atomic E-state index is 6.88. The van der Waals surface area contributed by atoms with E-state index in [0.717, 1.165) is 43.9 Å². The van der Waals surface area contributed by atoms with Crippen molar-refractivity contribution in [3.8, 4) is 0 Å². The second kappa shape index (κ2) is 16.4. The largest absolute Gasteiger partial charge is 1.00 e. The Kier molecular flexibility index (Phi) is 21.1. The van der Waals surface area contributed by atoms with Gasteiger partial charge in [-0.25, -0.2) is 0 Å². The fourth-order valence-corrected chi connectivity index (χ4v) is 1.53. The van der Waals surface area contributed by atoms with Gasteiger partial charge in [-0.05, 0) is 12.5 Å². The van der Waals surface area contributed by atoms with E-state index >= 15 is 0 Å². The molecule has 1 radical (unpaired) electrons. The number of piperidine rings is 1. The summed E-state index contributed by atoms with van der Waals surface area (Å²) in [6, 6.07) is 0. The third-order valence-corrected chi connectivity index (χ3v) is 2.19. The molecule has 2 aliphatic heterocycles. The first-order valence-corrected chi connectivity index (χ1v) is 5.23. The first-order chi connectivity index (χ1) is 7.86. The van der Waals surface area contributed by atoms with Gasteiger partial charge in [0.2, 0.25) is 0 Å². The summed E-state index contributed by atoms with van der Waals surface area (Å²) in [5.74, 6) is 0.883. The van der Waals surface area contributed by atoms with Gasteiger partial charge in [-0.2, -0.15) is 0 Å². The number of hydrogen-bond acceptors (Lipinski definition) is 4. The Morgan fingerprint density at radius 1 is 1.37 bits per heavy atom. The van der Waals surface area contributed by atoms with Crippen molar-refractivity contribution in [3.63, 3.8) is 0 Å². The second-order valence-corrected chi connectivity index (χ2v) is 3.41. The van der Waals surface area contributed by atoms with Crippen LogP contribution in [0, 0.1) is 0 Å². The Morgan fingerprint density at radius 3 is 2.53 bits per heavy atom. The van der Waals surface area contributed by atoms with E-state index in [4.69, 9.17) is 15.2 Å². The van der Waals surface area contributed by atoms with E-state index in [1.165, 1.54) is 0 Å². The van der Waals surface area contributed by atoms with E-state index in [0.29, 0.717) is 0 Å². The van der Waals surface area contributed by atoms with E-state index in [1.54, 1.807) is 6.20 Å². The van der Waals surface area contributed by atoms with Crippen LogP contribution in [-0.2, 0) is 49.5 Å². The van der Waals surface area contributed by atoms with Gasteiger partial charge >= 0.3 is 22.4 Å². The first kappa shape index (κ1) is 24.4. The topological polar surface area (TPSA) is 123 Å². The SMILES string of the molecule is C1=CC(OC2CCC[N-]C2)=C[N-]C1.ONO.[Ag+].[Ag].[NH2-]. The molecule has 0 aromatic carbocycles. The van der Waals surface area contributed by atoms with E-state index in [9.17, 15) is 0 Å². The predicted octanol–water partition coefficient (Wildman–Crippen LogP) is 2.39. The molecule has 0 amide bonds. The van der Waals surface area contributed by atoms with Crippen LogP contribution in [0.1, 0.15) is 12.8 Å². The Bertz CT molecular complexity index is 249. The van der Waals surface area contributed by atoms with Crippen molar-refractivity contribution >= 4 is 0 Å². The molecule has 0 spiro atoms.